The van der Waals surface area contributed by atoms with Crippen LogP contribution in [-0.2, 0) is 14.3 Å². The van der Waals surface area contributed by atoms with Gasteiger partial charge < -0.3 is 9.84 Å². The van der Waals surface area contributed by atoms with Gasteiger partial charge in [0.05, 0.1) is 12.8 Å². The van der Waals surface area contributed by atoms with E-state index in [1.165, 1.54) is 51.4 Å². The lowest BCUT2D eigenvalue weighted by molar-refractivity contribution is -0.152. The van der Waals surface area contributed by atoms with Crippen molar-refractivity contribution in [2.75, 3.05) is 0 Å². The van der Waals surface area contributed by atoms with Crippen LogP contribution in [0.5, 0.6) is 0 Å². The van der Waals surface area contributed by atoms with Crippen molar-refractivity contribution in [1.82, 2.24) is 0 Å². The van der Waals surface area contributed by atoms with E-state index < -0.39 is 5.97 Å². The van der Waals surface area contributed by atoms with Crippen molar-refractivity contribution in [3.05, 3.63) is 0 Å². The minimum Gasteiger partial charge on any atom is -0.481 e. The largest absolute Gasteiger partial charge is 0.481 e. The number of carboxylic acids is 1. The predicted octanol–water partition coefficient (Wildman–Crippen LogP) is 5.09. The molecule has 1 N–H and O–H groups in total. The van der Waals surface area contributed by atoms with Gasteiger partial charge in [0.1, 0.15) is 6.10 Å². The van der Waals surface area contributed by atoms with E-state index in [9.17, 15) is 9.59 Å². The summed E-state index contributed by atoms with van der Waals surface area (Å²) in [6, 6.07) is 0. The zero-order chi connectivity index (χ0) is 16.6. The minimum atomic E-state index is -0.955. The molecule has 0 radical (unpaired) electrons. The second kappa shape index (κ2) is 14.9. The summed E-state index contributed by atoms with van der Waals surface area (Å²) in [6.45, 7) is 4.24. The molecule has 0 rings (SSSR count). The normalized spacial score (nSPS) is 12.1. The number of carboxylic acid groups (broad SMARTS) is 1. The fourth-order valence-electron chi connectivity index (χ4n) is 2.48. The lowest BCUT2D eigenvalue weighted by Crippen LogP contribution is -2.18. The average molecular weight is 314 g/mol. The summed E-state index contributed by atoms with van der Waals surface area (Å²) in [5.41, 5.74) is 0. The number of carbonyl (C=O) groups excluding carboxylic acids is 1. The molecule has 0 aromatic heterocycles. The van der Waals surface area contributed by atoms with Gasteiger partial charge in [-0.25, -0.2) is 0 Å². The van der Waals surface area contributed by atoms with Gasteiger partial charge in [-0.2, -0.15) is 0 Å². The van der Waals surface area contributed by atoms with E-state index in [-0.39, 0.29) is 24.9 Å². The van der Waals surface area contributed by atoms with Crippen LogP contribution in [0.1, 0.15) is 97.3 Å². The first-order valence-electron chi connectivity index (χ1n) is 9.01. The van der Waals surface area contributed by atoms with Crippen LogP contribution >= 0.6 is 0 Å². The zero-order valence-corrected chi connectivity index (χ0v) is 14.4. The van der Waals surface area contributed by atoms with Crippen molar-refractivity contribution in [2.45, 2.75) is 103 Å². The molecule has 0 amide bonds. The molecule has 0 bridgehead atoms. The fourth-order valence-corrected chi connectivity index (χ4v) is 2.48. The molecule has 0 saturated heterocycles. The summed E-state index contributed by atoms with van der Waals surface area (Å²) in [5.74, 6) is -1.34. The number of hydrogen-bond donors (Lipinski definition) is 1. The van der Waals surface area contributed by atoms with Crippen molar-refractivity contribution in [1.29, 1.82) is 0 Å². The molecule has 130 valence electrons. The van der Waals surface area contributed by atoms with Gasteiger partial charge in [0.2, 0.25) is 0 Å². The molecular weight excluding hydrogens is 280 g/mol. The highest BCUT2D eigenvalue weighted by Crippen LogP contribution is 2.14. The van der Waals surface area contributed by atoms with Crippen LogP contribution in [0.4, 0.5) is 0 Å². The quantitative estimate of drug-likeness (QED) is 0.337. The van der Waals surface area contributed by atoms with E-state index in [0.717, 1.165) is 19.3 Å². The highest BCUT2D eigenvalue weighted by molar-refractivity contribution is 5.76. The van der Waals surface area contributed by atoms with E-state index in [1.807, 2.05) is 6.92 Å². The summed E-state index contributed by atoms with van der Waals surface area (Å²) in [7, 11) is 0. The van der Waals surface area contributed by atoms with Crippen LogP contribution < -0.4 is 0 Å². The summed E-state index contributed by atoms with van der Waals surface area (Å²) in [4.78, 5) is 21.9. The van der Waals surface area contributed by atoms with Crippen molar-refractivity contribution in [2.24, 2.45) is 0 Å². The highest BCUT2D eigenvalue weighted by Gasteiger charge is 2.13. The second-order valence-corrected chi connectivity index (χ2v) is 6.03. The lowest BCUT2D eigenvalue weighted by Gasteiger charge is -2.15. The molecule has 4 heteroatoms. The van der Waals surface area contributed by atoms with Gasteiger partial charge in [0, 0.05) is 0 Å². The topological polar surface area (TPSA) is 63.6 Å². The van der Waals surface area contributed by atoms with Crippen LogP contribution in [0, 0.1) is 0 Å². The Labute approximate surface area is 135 Å². The molecule has 22 heavy (non-hydrogen) atoms. The monoisotopic (exact) mass is 314 g/mol. The van der Waals surface area contributed by atoms with E-state index in [1.54, 1.807) is 0 Å². The molecule has 0 heterocycles. The molecule has 0 fully saturated rings. The summed E-state index contributed by atoms with van der Waals surface area (Å²) in [5, 5.41) is 8.54. The maximum Gasteiger partial charge on any atom is 0.306 e. The summed E-state index contributed by atoms with van der Waals surface area (Å²) < 4.78 is 5.32. The molecule has 0 spiro atoms. The van der Waals surface area contributed by atoms with Crippen LogP contribution in [0.3, 0.4) is 0 Å². The molecule has 0 aliphatic carbocycles. The first-order valence-corrected chi connectivity index (χ1v) is 9.01. The van der Waals surface area contributed by atoms with Crippen molar-refractivity contribution >= 4 is 11.9 Å². The summed E-state index contributed by atoms with van der Waals surface area (Å²) in [6.07, 6.45) is 13.0. The Morgan fingerprint density at radius 2 is 1.41 bits per heavy atom. The highest BCUT2D eigenvalue weighted by atomic mass is 16.5. The molecule has 0 aliphatic heterocycles. The number of unbranched alkanes of at least 4 members (excludes halogenated alkanes) is 8. The Balaban J connectivity index is 3.53. The maximum absolute atomic E-state index is 11.5. The van der Waals surface area contributed by atoms with Gasteiger partial charge in [-0.05, 0) is 19.3 Å². The third-order valence-electron chi connectivity index (χ3n) is 3.93. The number of hydrogen-bond acceptors (Lipinski definition) is 3. The molecule has 0 saturated carbocycles. The Bertz CT molecular complexity index is 289. The Morgan fingerprint density at radius 1 is 0.864 bits per heavy atom. The van der Waals surface area contributed by atoms with Gasteiger partial charge in [-0.1, -0.05) is 65.2 Å². The number of esters is 1. The van der Waals surface area contributed by atoms with Gasteiger partial charge in [-0.3, -0.25) is 9.59 Å². The number of ether oxygens (including phenoxy) is 1. The molecule has 0 aromatic rings. The van der Waals surface area contributed by atoms with Crippen LogP contribution in [-0.4, -0.2) is 23.1 Å². The molecular formula is C18H34O4. The van der Waals surface area contributed by atoms with Crippen molar-refractivity contribution < 1.29 is 19.4 Å². The smallest absolute Gasteiger partial charge is 0.306 e. The molecule has 1 atom stereocenters. The summed E-state index contributed by atoms with van der Waals surface area (Å²) >= 11 is 0. The third-order valence-corrected chi connectivity index (χ3v) is 3.93. The maximum atomic E-state index is 11.5. The zero-order valence-electron chi connectivity index (χ0n) is 14.4. The first-order chi connectivity index (χ1) is 10.6. The third kappa shape index (κ3) is 13.9. The van der Waals surface area contributed by atoms with Crippen LogP contribution in [0.15, 0.2) is 0 Å². The first kappa shape index (κ1) is 20.9. The number of aliphatic carboxylic acids is 1. The van der Waals surface area contributed by atoms with Crippen molar-refractivity contribution in [3.8, 4) is 0 Å². The number of rotatable bonds is 15. The minimum absolute atomic E-state index is 0.0242. The molecule has 4 nitrogen and oxygen atoms in total. The average Bonchev–Trinajstić information content (AvgIpc) is 2.50. The Morgan fingerprint density at radius 3 is 1.91 bits per heavy atom. The fraction of sp³-hybridized carbons (Fsp3) is 0.889. The number of carbonyl (C=O) groups is 2. The molecule has 0 aromatic carbocycles. The lowest BCUT2D eigenvalue weighted by atomic mass is 10.0. The van der Waals surface area contributed by atoms with Crippen LogP contribution in [0.2, 0.25) is 0 Å². The van der Waals surface area contributed by atoms with Gasteiger partial charge in [0.15, 0.2) is 0 Å². The van der Waals surface area contributed by atoms with E-state index in [2.05, 4.69) is 6.92 Å². The van der Waals surface area contributed by atoms with Gasteiger partial charge in [0.25, 0.3) is 0 Å². The van der Waals surface area contributed by atoms with Crippen LogP contribution in [0.25, 0.3) is 0 Å². The molecule has 1 unspecified atom stereocenters. The Kier molecular flexibility index (Phi) is 14.1. The predicted molar refractivity (Wildman–Crippen MR) is 88.9 cm³/mol. The standard InChI is InChI=1S/C18H34O4/c1-3-5-6-7-8-9-10-11-12-13-16(4-2)22-18(21)15-14-17(19)20/h16H,3-15H2,1-2H3,(H,19,20). The SMILES string of the molecule is CCCCCCCCCCCC(CC)OC(=O)CCC(=O)O. The van der Waals surface area contributed by atoms with Crippen molar-refractivity contribution in [3.63, 3.8) is 0 Å². The Hall–Kier alpha value is -1.06. The van der Waals surface area contributed by atoms with E-state index >= 15 is 0 Å². The van der Waals surface area contributed by atoms with Gasteiger partial charge in [-0.15, -0.1) is 0 Å². The molecule has 0 aliphatic rings. The van der Waals surface area contributed by atoms with E-state index in [0.29, 0.717) is 0 Å². The van der Waals surface area contributed by atoms with Gasteiger partial charge >= 0.3 is 11.9 Å². The second-order valence-electron chi connectivity index (χ2n) is 6.03. The van der Waals surface area contributed by atoms with E-state index in [4.69, 9.17) is 9.84 Å².